The molecule has 2 rings (SSSR count). The van der Waals surface area contributed by atoms with Crippen molar-refractivity contribution in [3.63, 3.8) is 0 Å². The Morgan fingerprint density at radius 1 is 1.25 bits per heavy atom. The van der Waals surface area contributed by atoms with Crippen LogP contribution < -0.4 is 10.6 Å². The summed E-state index contributed by atoms with van der Waals surface area (Å²) < 4.78 is 0. The highest BCUT2D eigenvalue weighted by Gasteiger charge is 2.30. The van der Waals surface area contributed by atoms with Gasteiger partial charge in [-0.3, -0.25) is 9.59 Å². The average Bonchev–Trinajstić information content (AvgIpc) is 2.59. The van der Waals surface area contributed by atoms with Gasteiger partial charge in [-0.1, -0.05) is 31.9 Å². The zero-order valence-corrected chi connectivity index (χ0v) is 15.6. The van der Waals surface area contributed by atoms with Crippen LogP contribution in [0.5, 0.6) is 0 Å². The van der Waals surface area contributed by atoms with Gasteiger partial charge in [-0.2, -0.15) is 0 Å². The zero-order valence-electron chi connectivity index (χ0n) is 14.0. The summed E-state index contributed by atoms with van der Waals surface area (Å²) in [5.74, 6) is -0.160. The number of rotatable bonds is 5. The maximum atomic E-state index is 12.8. The molecule has 1 aliphatic rings. The van der Waals surface area contributed by atoms with Gasteiger partial charge in [0.1, 0.15) is 6.04 Å². The molecular weight excluding hydrogens is 349 g/mol. The van der Waals surface area contributed by atoms with Gasteiger partial charge in [0.15, 0.2) is 0 Å². The van der Waals surface area contributed by atoms with E-state index in [1.807, 2.05) is 18.7 Å². The van der Waals surface area contributed by atoms with Crippen molar-refractivity contribution in [2.75, 3.05) is 26.2 Å². The topological polar surface area (TPSA) is 61.4 Å². The molecule has 2 unspecified atom stereocenters. The lowest BCUT2D eigenvalue weighted by Crippen LogP contribution is -2.56. The molecule has 24 heavy (non-hydrogen) atoms. The van der Waals surface area contributed by atoms with E-state index >= 15 is 0 Å². The van der Waals surface area contributed by atoms with Crippen LogP contribution >= 0.6 is 24.0 Å². The highest BCUT2D eigenvalue weighted by molar-refractivity contribution is 6.30. The van der Waals surface area contributed by atoms with Crippen molar-refractivity contribution in [1.29, 1.82) is 0 Å². The fourth-order valence-corrected chi connectivity index (χ4v) is 2.72. The largest absolute Gasteiger partial charge is 0.340 e. The quantitative estimate of drug-likeness (QED) is 0.832. The third-order valence-electron chi connectivity index (χ3n) is 4.30. The van der Waals surface area contributed by atoms with Gasteiger partial charge in [-0.15, -0.1) is 12.4 Å². The highest BCUT2D eigenvalue weighted by atomic mass is 35.5. The zero-order chi connectivity index (χ0) is 16.8. The number of carbonyl (C=O) groups excluding carboxylic acids is 2. The number of hydrogen-bond donors (Lipinski definition) is 2. The van der Waals surface area contributed by atoms with Crippen molar-refractivity contribution in [2.24, 2.45) is 5.92 Å². The van der Waals surface area contributed by atoms with Gasteiger partial charge in [0.2, 0.25) is 5.91 Å². The van der Waals surface area contributed by atoms with E-state index in [0.29, 0.717) is 23.7 Å². The molecule has 1 aliphatic heterocycles. The summed E-state index contributed by atoms with van der Waals surface area (Å²) >= 11 is 5.85. The van der Waals surface area contributed by atoms with Crippen LogP contribution in [-0.4, -0.2) is 48.9 Å². The second-order valence-electron chi connectivity index (χ2n) is 5.92. The molecule has 0 aromatic heterocycles. The first-order valence-corrected chi connectivity index (χ1v) is 8.46. The predicted molar refractivity (Wildman–Crippen MR) is 98.9 cm³/mol. The van der Waals surface area contributed by atoms with E-state index in [1.165, 1.54) is 0 Å². The summed E-state index contributed by atoms with van der Waals surface area (Å²) in [6.45, 7) is 6.98. The molecule has 1 fully saturated rings. The van der Waals surface area contributed by atoms with Crippen molar-refractivity contribution < 1.29 is 9.59 Å². The SMILES string of the molecule is CCC(C)C(NC(=O)c1ccc(Cl)cc1)C(=O)N1CCNCC1.Cl. The Bertz CT molecular complexity index is 545. The highest BCUT2D eigenvalue weighted by Crippen LogP contribution is 2.14. The number of carbonyl (C=O) groups is 2. The smallest absolute Gasteiger partial charge is 0.251 e. The van der Waals surface area contributed by atoms with Gasteiger partial charge in [-0.25, -0.2) is 0 Å². The summed E-state index contributed by atoms with van der Waals surface area (Å²) in [5.41, 5.74) is 0.510. The standard InChI is InChI=1S/C17H24ClN3O2.ClH/c1-3-12(2)15(17(23)21-10-8-19-9-11-21)20-16(22)13-4-6-14(18)7-5-13;/h4-7,12,15,19H,3,8-11H2,1-2H3,(H,20,22);1H. The van der Waals surface area contributed by atoms with Crippen molar-refractivity contribution in [1.82, 2.24) is 15.5 Å². The third kappa shape index (κ3) is 5.36. The molecule has 2 N–H and O–H groups in total. The van der Waals surface area contributed by atoms with E-state index in [2.05, 4.69) is 10.6 Å². The van der Waals surface area contributed by atoms with E-state index in [4.69, 9.17) is 11.6 Å². The van der Waals surface area contributed by atoms with Crippen LogP contribution in [-0.2, 0) is 4.79 Å². The molecule has 0 bridgehead atoms. The van der Waals surface area contributed by atoms with Crippen LogP contribution in [0.15, 0.2) is 24.3 Å². The number of benzene rings is 1. The molecule has 5 nitrogen and oxygen atoms in total. The fourth-order valence-electron chi connectivity index (χ4n) is 2.59. The summed E-state index contributed by atoms with van der Waals surface area (Å²) in [6.07, 6.45) is 0.823. The van der Waals surface area contributed by atoms with Gasteiger partial charge in [0.05, 0.1) is 0 Å². The summed E-state index contributed by atoms with van der Waals surface area (Å²) in [7, 11) is 0. The average molecular weight is 374 g/mol. The van der Waals surface area contributed by atoms with E-state index in [0.717, 1.165) is 19.5 Å². The summed E-state index contributed by atoms with van der Waals surface area (Å²) in [6, 6.07) is 6.18. The molecule has 1 aromatic carbocycles. The Balaban J connectivity index is 0.00000288. The van der Waals surface area contributed by atoms with Gasteiger partial charge >= 0.3 is 0 Å². The number of halogens is 2. The Morgan fingerprint density at radius 3 is 2.38 bits per heavy atom. The van der Waals surface area contributed by atoms with Crippen LogP contribution in [0.4, 0.5) is 0 Å². The Hall–Kier alpha value is -1.30. The molecule has 134 valence electrons. The number of nitrogens with one attached hydrogen (secondary N) is 2. The van der Waals surface area contributed by atoms with Gasteiger partial charge in [0, 0.05) is 36.8 Å². The van der Waals surface area contributed by atoms with Crippen LogP contribution in [0.1, 0.15) is 30.6 Å². The monoisotopic (exact) mass is 373 g/mol. The van der Waals surface area contributed by atoms with E-state index < -0.39 is 6.04 Å². The third-order valence-corrected chi connectivity index (χ3v) is 4.55. The van der Waals surface area contributed by atoms with Crippen molar-refractivity contribution in [2.45, 2.75) is 26.3 Å². The lowest BCUT2D eigenvalue weighted by atomic mass is 9.97. The van der Waals surface area contributed by atoms with E-state index in [9.17, 15) is 9.59 Å². The molecule has 0 spiro atoms. The molecule has 0 aliphatic carbocycles. The second-order valence-corrected chi connectivity index (χ2v) is 6.36. The van der Waals surface area contributed by atoms with Crippen LogP contribution in [0.3, 0.4) is 0 Å². The summed E-state index contributed by atoms with van der Waals surface area (Å²) in [4.78, 5) is 27.0. The van der Waals surface area contributed by atoms with Crippen molar-refractivity contribution in [3.8, 4) is 0 Å². The first-order chi connectivity index (χ1) is 11.0. The molecule has 7 heteroatoms. The van der Waals surface area contributed by atoms with Gasteiger partial charge < -0.3 is 15.5 Å². The predicted octanol–water partition coefficient (Wildman–Crippen LogP) is 2.34. The number of hydrogen-bond acceptors (Lipinski definition) is 3. The maximum Gasteiger partial charge on any atom is 0.251 e. The lowest BCUT2D eigenvalue weighted by Gasteiger charge is -2.33. The maximum absolute atomic E-state index is 12.8. The molecule has 0 radical (unpaired) electrons. The second kappa shape index (κ2) is 9.87. The van der Waals surface area contributed by atoms with E-state index in [1.54, 1.807) is 24.3 Å². The van der Waals surface area contributed by atoms with Crippen LogP contribution in [0.25, 0.3) is 0 Å². The van der Waals surface area contributed by atoms with Gasteiger partial charge in [0.25, 0.3) is 5.91 Å². The molecule has 1 saturated heterocycles. The van der Waals surface area contributed by atoms with Crippen molar-refractivity contribution in [3.05, 3.63) is 34.9 Å². The van der Waals surface area contributed by atoms with Gasteiger partial charge in [-0.05, 0) is 30.2 Å². The van der Waals surface area contributed by atoms with Crippen LogP contribution in [0, 0.1) is 5.92 Å². The number of nitrogens with zero attached hydrogens (tertiary/aromatic N) is 1. The fraction of sp³-hybridized carbons (Fsp3) is 0.529. The van der Waals surface area contributed by atoms with Crippen LogP contribution in [0.2, 0.25) is 5.02 Å². The molecular formula is C17H25Cl2N3O2. The molecule has 0 saturated carbocycles. The number of piperazine rings is 1. The minimum absolute atomic E-state index is 0. The Kier molecular flexibility index (Phi) is 8.53. The summed E-state index contributed by atoms with van der Waals surface area (Å²) in [5, 5.41) is 6.72. The van der Waals surface area contributed by atoms with Crippen molar-refractivity contribution >= 4 is 35.8 Å². The minimum atomic E-state index is -0.499. The lowest BCUT2D eigenvalue weighted by molar-refractivity contribution is -0.135. The first kappa shape index (κ1) is 20.7. The van der Waals surface area contributed by atoms with E-state index in [-0.39, 0.29) is 30.1 Å². The minimum Gasteiger partial charge on any atom is -0.340 e. The molecule has 2 amide bonds. The first-order valence-electron chi connectivity index (χ1n) is 8.09. The molecule has 2 atom stereocenters. The Morgan fingerprint density at radius 2 is 1.83 bits per heavy atom. The molecule has 1 heterocycles. The number of amides is 2. The Labute approximate surface area is 154 Å². The molecule has 1 aromatic rings. The normalized spacial score (nSPS) is 16.7.